The number of halogens is 4. The number of aromatic amines is 1. The summed E-state index contributed by atoms with van der Waals surface area (Å²) in [6.45, 7) is 21.8. The Kier molecular flexibility index (Phi) is 17.3. The molecule has 0 saturated carbocycles. The molecule has 1 amide bonds. The number of hydrogen-bond acceptors (Lipinski definition) is 8. The number of benzene rings is 4. The van der Waals surface area contributed by atoms with E-state index in [9.17, 15) is 14.3 Å². The zero-order valence-corrected chi connectivity index (χ0v) is 48.3. The number of fused-ring (bicyclic) bond motifs is 4. The second kappa shape index (κ2) is 22.7. The number of rotatable bonds is 10. The molecule has 15 heteroatoms. The van der Waals surface area contributed by atoms with Crippen molar-refractivity contribution < 1.29 is 23.8 Å². The van der Waals surface area contributed by atoms with Crippen molar-refractivity contribution in [2.45, 2.75) is 105 Å². The van der Waals surface area contributed by atoms with E-state index < -0.39 is 19.7 Å². The number of aliphatic hydroxyl groups excluding tert-OH is 1. The Hall–Kier alpha value is -4.95. The number of aliphatic hydroxyl groups is 2. The van der Waals surface area contributed by atoms with E-state index in [1.165, 1.54) is 26.1 Å². The van der Waals surface area contributed by atoms with Crippen LogP contribution in [0.2, 0.25) is 23.2 Å². The molecule has 0 atom stereocenters. The van der Waals surface area contributed by atoms with Crippen LogP contribution in [0, 0.1) is 33.7 Å². The lowest BCUT2D eigenvalue weighted by Crippen LogP contribution is -2.40. The van der Waals surface area contributed by atoms with Crippen molar-refractivity contribution in [2.24, 2.45) is 0 Å². The molecule has 0 spiro atoms. The van der Waals surface area contributed by atoms with Crippen LogP contribution < -0.4 is 5.32 Å². The zero-order chi connectivity index (χ0) is 52.3. The molecule has 5 heterocycles. The number of aromatic nitrogens is 5. The van der Waals surface area contributed by atoms with Crippen LogP contribution in [0.5, 0.6) is 0 Å². The van der Waals surface area contributed by atoms with Gasteiger partial charge in [0.05, 0.1) is 40.4 Å². The molecule has 0 saturated heterocycles. The minimum Gasteiger partial charge on any atom is -0.413 e. The molecule has 72 heavy (non-hydrogen) atoms. The third kappa shape index (κ3) is 13.4. The molecule has 0 aliphatic rings. The number of aryl methyl sites for hydroxylation is 3. The minimum absolute atomic E-state index is 0.0196. The Morgan fingerprint density at radius 1 is 0.764 bits per heavy atom. The first-order valence-corrected chi connectivity index (χ1v) is 29.0. The maximum Gasteiger partial charge on any atom is 0.251 e. The van der Waals surface area contributed by atoms with Crippen LogP contribution in [0.4, 0.5) is 4.39 Å². The third-order valence-electron chi connectivity index (χ3n) is 12.8. The predicted octanol–water partition coefficient (Wildman–Crippen LogP) is 14.3. The SMILES string of the molecule is Cc1cnc2c(C(C)(C)O)cc(Cc3cc(C(=O)NCc4cc5c(Cl)c[nH]c5cc4F)ccn3)cc2c1.Cc1cnc2c(I)cc(CO)cc2c1.Cc1cnc2c(I)cc(CO[Si](C)(C)C(C)(C)C)cc2c1. The van der Waals surface area contributed by atoms with Gasteiger partial charge in [-0.2, -0.15) is 0 Å². The van der Waals surface area contributed by atoms with E-state index in [4.69, 9.17) is 21.1 Å². The molecule has 0 aliphatic carbocycles. The number of carbonyl (C=O) groups is 1. The summed E-state index contributed by atoms with van der Waals surface area (Å²) in [5, 5.41) is 27.3. The van der Waals surface area contributed by atoms with Gasteiger partial charge < -0.3 is 24.9 Å². The minimum atomic E-state index is -1.70. The van der Waals surface area contributed by atoms with Gasteiger partial charge in [0.15, 0.2) is 8.32 Å². The van der Waals surface area contributed by atoms with Crippen molar-refractivity contribution in [3.8, 4) is 0 Å². The van der Waals surface area contributed by atoms with E-state index in [2.05, 4.69) is 140 Å². The van der Waals surface area contributed by atoms with Gasteiger partial charge in [-0.3, -0.25) is 24.7 Å². The van der Waals surface area contributed by atoms with Gasteiger partial charge in [-0.1, -0.05) is 38.4 Å². The summed E-state index contributed by atoms with van der Waals surface area (Å²) in [6, 6.07) is 25.0. The van der Waals surface area contributed by atoms with Crippen LogP contribution in [0.15, 0.2) is 110 Å². The van der Waals surface area contributed by atoms with Crippen molar-refractivity contribution in [3.63, 3.8) is 0 Å². The van der Waals surface area contributed by atoms with E-state index in [0.29, 0.717) is 45.8 Å². The lowest BCUT2D eigenvalue weighted by molar-refractivity contribution is 0.0799. The first-order chi connectivity index (χ1) is 33.9. The molecular weight excluding hydrogens is 1170 g/mol. The third-order valence-corrected chi connectivity index (χ3v) is 19.2. The number of carbonyl (C=O) groups excluding carboxylic acids is 1. The van der Waals surface area contributed by atoms with Gasteiger partial charge in [0, 0.05) is 101 Å². The first-order valence-electron chi connectivity index (χ1n) is 23.5. The highest BCUT2D eigenvalue weighted by atomic mass is 127. The fourth-order valence-electron chi connectivity index (χ4n) is 7.89. The molecule has 0 bridgehead atoms. The molecule has 0 fully saturated rings. The Balaban J connectivity index is 0.000000181. The number of pyridine rings is 4. The highest BCUT2D eigenvalue weighted by molar-refractivity contribution is 14.1. The van der Waals surface area contributed by atoms with Crippen LogP contribution in [0.25, 0.3) is 43.6 Å². The molecule has 10 nitrogen and oxygen atoms in total. The average Bonchev–Trinajstić information content (AvgIpc) is 3.67. The summed E-state index contributed by atoms with van der Waals surface area (Å²) in [4.78, 5) is 33.7. The molecular formula is C57H60ClFI2N6O4Si. The molecule has 5 aromatic heterocycles. The quantitative estimate of drug-likeness (QED) is 0.0782. The van der Waals surface area contributed by atoms with E-state index in [-0.39, 0.29) is 24.1 Å². The molecule has 0 aliphatic heterocycles. The second-order valence-corrected chi connectivity index (χ2v) is 27.9. The molecule has 0 unspecified atom stereocenters. The normalized spacial score (nSPS) is 11.9. The number of nitrogens with zero attached hydrogens (tertiary/aromatic N) is 4. The van der Waals surface area contributed by atoms with Crippen molar-refractivity contribution in [2.75, 3.05) is 0 Å². The standard InChI is InChI=1S/C29H26ClFN4O2.C17H24INOSi.C11H10INO/c1-16-6-19-7-17(9-23(29(2,3)37)27(19)34-13-16)8-21-10-18(4-5-32-21)28(36)35-14-20-11-22-24(30)15-33-26(22)12-25(20)31;1-12-7-14-8-13(9-15(18)16(14)19-10-12)11-20-21(5,6)17(2,3)4;1-7-2-9-3-8(6-14)4-10(12)11(9)13-5-7/h4-7,9-13,15,33,37H,8,14H2,1-3H3,(H,35,36);7-10H,11H2,1-6H3;2-5,14H,6H2,1H3. The zero-order valence-electron chi connectivity index (χ0n) is 42.2. The maximum absolute atomic E-state index is 14.5. The second-order valence-electron chi connectivity index (χ2n) is 20.3. The molecule has 4 aromatic carbocycles. The number of nitrogens with one attached hydrogen (secondary N) is 2. The highest BCUT2D eigenvalue weighted by Gasteiger charge is 2.37. The number of hydrogen-bond donors (Lipinski definition) is 4. The summed E-state index contributed by atoms with van der Waals surface area (Å²) >= 11 is 10.8. The lowest BCUT2D eigenvalue weighted by Gasteiger charge is -2.36. The summed E-state index contributed by atoms with van der Waals surface area (Å²) in [5.41, 5.74) is 11.1. The Morgan fingerprint density at radius 3 is 1.90 bits per heavy atom. The molecule has 9 aromatic rings. The van der Waals surface area contributed by atoms with Crippen molar-refractivity contribution in [3.05, 3.63) is 184 Å². The Labute approximate surface area is 454 Å². The maximum atomic E-state index is 14.5. The van der Waals surface area contributed by atoms with Gasteiger partial charge in [-0.25, -0.2) is 4.39 Å². The van der Waals surface area contributed by atoms with Crippen LogP contribution >= 0.6 is 56.8 Å². The molecule has 374 valence electrons. The monoisotopic (exact) mass is 1230 g/mol. The Bertz CT molecular complexity index is 3460. The fraction of sp³-hybridized carbons (Fsp3) is 0.281. The fourth-order valence-corrected chi connectivity index (χ4v) is 10.8. The van der Waals surface area contributed by atoms with Crippen LogP contribution in [0.1, 0.15) is 95.2 Å². The summed E-state index contributed by atoms with van der Waals surface area (Å²) in [7, 11) is -1.70. The van der Waals surface area contributed by atoms with Crippen LogP contribution in [-0.2, 0) is 36.2 Å². The summed E-state index contributed by atoms with van der Waals surface area (Å²) in [5.74, 6) is -0.760. The average molecular weight is 1230 g/mol. The molecule has 9 rings (SSSR count). The lowest BCUT2D eigenvalue weighted by atomic mass is 9.91. The van der Waals surface area contributed by atoms with Crippen molar-refractivity contribution in [1.29, 1.82) is 0 Å². The number of amides is 1. The summed E-state index contributed by atoms with van der Waals surface area (Å²) in [6.07, 6.45) is 9.23. The van der Waals surface area contributed by atoms with Crippen LogP contribution in [-0.4, -0.2) is 49.4 Å². The van der Waals surface area contributed by atoms with Gasteiger partial charge in [0.1, 0.15) is 5.82 Å². The van der Waals surface area contributed by atoms with Crippen LogP contribution in [0.3, 0.4) is 0 Å². The molecule has 0 radical (unpaired) electrons. The van der Waals surface area contributed by atoms with E-state index in [0.717, 1.165) is 58.7 Å². The van der Waals surface area contributed by atoms with E-state index >= 15 is 0 Å². The van der Waals surface area contributed by atoms with Gasteiger partial charge >= 0.3 is 0 Å². The van der Waals surface area contributed by atoms with Gasteiger partial charge in [0.25, 0.3) is 5.91 Å². The van der Waals surface area contributed by atoms with Crippen molar-refractivity contribution >= 4 is 115 Å². The van der Waals surface area contributed by atoms with E-state index in [1.807, 2.05) is 56.6 Å². The molecule has 4 N–H and O–H groups in total. The van der Waals surface area contributed by atoms with Gasteiger partial charge in [0.2, 0.25) is 0 Å². The van der Waals surface area contributed by atoms with Gasteiger partial charge in [-0.05, 0) is 204 Å². The smallest absolute Gasteiger partial charge is 0.251 e. The van der Waals surface area contributed by atoms with Gasteiger partial charge in [-0.15, -0.1) is 0 Å². The predicted molar refractivity (Wildman–Crippen MR) is 310 cm³/mol. The summed E-state index contributed by atoms with van der Waals surface area (Å²) < 4.78 is 23.1. The first kappa shape index (κ1) is 54.8. The number of H-pyrrole nitrogens is 1. The Morgan fingerprint density at radius 2 is 1.32 bits per heavy atom. The van der Waals surface area contributed by atoms with Crippen molar-refractivity contribution in [1.82, 2.24) is 30.2 Å². The highest BCUT2D eigenvalue weighted by Crippen LogP contribution is 2.37. The van der Waals surface area contributed by atoms with E-state index in [1.54, 1.807) is 50.6 Å². The largest absolute Gasteiger partial charge is 0.413 e. The topological polar surface area (TPSA) is 146 Å².